The van der Waals surface area contributed by atoms with Crippen LogP contribution in [-0.2, 0) is 10.0 Å². The monoisotopic (exact) mass is 377 g/mol. The summed E-state index contributed by atoms with van der Waals surface area (Å²) in [6.45, 7) is 1.60. The van der Waals surface area contributed by atoms with Crippen molar-refractivity contribution in [1.82, 2.24) is 4.98 Å². The number of nitrogens with one attached hydrogen (secondary N) is 1. The lowest BCUT2D eigenvalue weighted by molar-refractivity contribution is 0.412. The van der Waals surface area contributed by atoms with Crippen molar-refractivity contribution in [3.05, 3.63) is 28.4 Å². The average Bonchev–Trinajstić information content (AvgIpc) is 2.71. The molecule has 1 heterocycles. The first-order valence-electron chi connectivity index (χ1n) is 5.43. The Hall–Kier alpha value is -1.32. The summed E-state index contributed by atoms with van der Waals surface area (Å²) in [7, 11) is -2.20. The van der Waals surface area contributed by atoms with E-state index in [-0.39, 0.29) is 9.34 Å². The molecule has 0 aliphatic carbocycles. The highest BCUT2D eigenvalue weighted by Crippen LogP contribution is 2.31. The van der Waals surface area contributed by atoms with Crippen molar-refractivity contribution in [2.45, 2.75) is 11.1 Å². The minimum atomic E-state index is -3.71. The molecule has 3 N–H and O–H groups in total. The number of ether oxygens (including phenoxy) is 1. The molecular formula is C11H12BrN3O3S2. The van der Waals surface area contributed by atoms with Crippen LogP contribution >= 0.6 is 27.3 Å². The number of hydrogen-bond donors (Lipinski definition) is 2. The van der Waals surface area contributed by atoms with E-state index in [1.807, 2.05) is 0 Å². The number of aryl methyl sites for hydroxylation is 1. The molecule has 0 unspecified atom stereocenters. The van der Waals surface area contributed by atoms with E-state index in [9.17, 15) is 8.42 Å². The number of nitrogens with two attached hydrogens (primary N) is 1. The van der Waals surface area contributed by atoms with Crippen molar-refractivity contribution < 1.29 is 13.2 Å². The molecule has 6 nitrogen and oxygen atoms in total. The number of methoxy groups -OCH3 is 1. The SMILES string of the molecule is COc1cc(NS(=O)(=O)c2sc(N)nc2C)ccc1Br. The lowest BCUT2D eigenvalue weighted by Gasteiger charge is -2.09. The second kappa shape index (κ2) is 5.58. The van der Waals surface area contributed by atoms with Crippen LogP contribution in [0.25, 0.3) is 0 Å². The van der Waals surface area contributed by atoms with E-state index < -0.39 is 10.0 Å². The summed E-state index contributed by atoms with van der Waals surface area (Å²) in [5, 5.41) is 0.219. The van der Waals surface area contributed by atoms with Gasteiger partial charge < -0.3 is 10.5 Å². The second-order valence-electron chi connectivity index (χ2n) is 3.88. The molecule has 0 amide bonds. The number of thiazole rings is 1. The summed E-state index contributed by atoms with van der Waals surface area (Å²) >= 11 is 4.23. The second-order valence-corrected chi connectivity index (χ2v) is 7.64. The van der Waals surface area contributed by atoms with E-state index in [1.165, 1.54) is 7.11 Å². The normalized spacial score (nSPS) is 11.3. The van der Waals surface area contributed by atoms with Gasteiger partial charge in [-0.2, -0.15) is 0 Å². The fraction of sp³-hybridized carbons (Fsp3) is 0.182. The van der Waals surface area contributed by atoms with Crippen molar-refractivity contribution in [1.29, 1.82) is 0 Å². The molecule has 1 aromatic carbocycles. The van der Waals surface area contributed by atoms with Crippen LogP contribution in [0.2, 0.25) is 0 Å². The molecule has 0 aliphatic rings. The zero-order valence-electron chi connectivity index (χ0n) is 10.7. The predicted molar refractivity (Wildman–Crippen MR) is 82.8 cm³/mol. The van der Waals surface area contributed by atoms with Crippen LogP contribution in [-0.4, -0.2) is 20.5 Å². The number of anilines is 2. The van der Waals surface area contributed by atoms with Gasteiger partial charge in [-0.3, -0.25) is 4.72 Å². The third-order valence-electron chi connectivity index (χ3n) is 2.42. The van der Waals surface area contributed by atoms with Crippen molar-refractivity contribution in [2.75, 3.05) is 17.6 Å². The van der Waals surface area contributed by atoms with Crippen LogP contribution in [0.1, 0.15) is 5.69 Å². The summed E-state index contributed by atoms with van der Waals surface area (Å²) in [4.78, 5) is 3.91. The number of hydrogen-bond acceptors (Lipinski definition) is 6. The van der Waals surface area contributed by atoms with Crippen LogP contribution in [0.5, 0.6) is 5.75 Å². The first-order valence-corrected chi connectivity index (χ1v) is 8.52. The highest BCUT2D eigenvalue weighted by Gasteiger charge is 2.21. The number of halogens is 1. The van der Waals surface area contributed by atoms with Gasteiger partial charge in [0, 0.05) is 6.07 Å². The van der Waals surface area contributed by atoms with Crippen LogP contribution in [0, 0.1) is 6.92 Å². The topological polar surface area (TPSA) is 94.3 Å². The van der Waals surface area contributed by atoms with Gasteiger partial charge in [-0.05, 0) is 35.0 Å². The maximum atomic E-state index is 12.3. The Morgan fingerprint density at radius 1 is 1.45 bits per heavy atom. The Morgan fingerprint density at radius 2 is 2.15 bits per heavy atom. The zero-order valence-corrected chi connectivity index (χ0v) is 13.9. The maximum Gasteiger partial charge on any atom is 0.273 e. The molecule has 1 aromatic heterocycles. The van der Waals surface area contributed by atoms with E-state index in [4.69, 9.17) is 10.5 Å². The van der Waals surface area contributed by atoms with Gasteiger partial charge in [0.05, 0.1) is 23.0 Å². The van der Waals surface area contributed by atoms with Crippen molar-refractivity contribution in [3.63, 3.8) is 0 Å². The number of nitrogen functional groups attached to an aromatic ring is 1. The number of sulfonamides is 1. The van der Waals surface area contributed by atoms with Crippen LogP contribution in [0.3, 0.4) is 0 Å². The summed E-state index contributed by atoms with van der Waals surface area (Å²) in [6.07, 6.45) is 0. The number of aromatic nitrogens is 1. The minimum absolute atomic E-state index is 0.108. The fourth-order valence-electron chi connectivity index (χ4n) is 1.58. The first-order chi connectivity index (χ1) is 9.33. The molecule has 0 atom stereocenters. The van der Waals surface area contributed by atoms with Crippen molar-refractivity contribution in [2.24, 2.45) is 0 Å². The molecule has 0 saturated heterocycles. The predicted octanol–water partition coefficient (Wildman–Crippen LogP) is 2.61. The van der Waals surface area contributed by atoms with E-state index in [2.05, 4.69) is 25.6 Å². The van der Waals surface area contributed by atoms with Gasteiger partial charge in [0.25, 0.3) is 10.0 Å². The van der Waals surface area contributed by atoms with Crippen LogP contribution in [0.15, 0.2) is 26.9 Å². The van der Waals surface area contributed by atoms with Crippen molar-refractivity contribution >= 4 is 48.1 Å². The molecule has 0 radical (unpaired) electrons. The lowest BCUT2D eigenvalue weighted by atomic mass is 10.3. The van der Waals surface area contributed by atoms with Gasteiger partial charge in [0.15, 0.2) is 9.34 Å². The standard InChI is InChI=1S/C11H12BrN3O3S2/c1-6-10(19-11(13)14-6)20(16,17)15-7-3-4-8(12)9(5-7)18-2/h3-5,15H,1-2H3,(H2,13,14). The molecule has 108 valence electrons. The van der Waals surface area contributed by atoms with Crippen molar-refractivity contribution in [3.8, 4) is 5.75 Å². The molecule has 0 aliphatic heterocycles. The van der Waals surface area contributed by atoms with Gasteiger partial charge in [-0.1, -0.05) is 11.3 Å². The Balaban J connectivity index is 2.36. The molecule has 20 heavy (non-hydrogen) atoms. The summed E-state index contributed by atoms with van der Waals surface area (Å²) in [5.74, 6) is 0.533. The summed E-state index contributed by atoms with van der Waals surface area (Å²) in [6, 6.07) is 4.91. The number of benzene rings is 1. The summed E-state index contributed by atoms with van der Waals surface area (Å²) < 4.78 is 33.0. The van der Waals surface area contributed by atoms with Gasteiger partial charge in [0.1, 0.15) is 5.75 Å². The average molecular weight is 378 g/mol. The Kier molecular flexibility index (Phi) is 4.21. The van der Waals surface area contributed by atoms with E-state index in [0.29, 0.717) is 17.1 Å². The van der Waals surface area contributed by atoms with Gasteiger partial charge in [-0.25, -0.2) is 13.4 Å². The van der Waals surface area contributed by atoms with Crippen LogP contribution < -0.4 is 15.2 Å². The minimum Gasteiger partial charge on any atom is -0.495 e. The smallest absolute Gasteiger partial charge is 0.273 e. The highest BCUT2D eigenvalue weighted by atomic mass is 79.9. The maximum absolute atomic E-state index is 12.3. The molecule has 0 saturated carbocycles. The zero-order chi connectivity index (χ0) is 14.9. The number of nitrogens with zero attached hydrogens (tertiary/aromatic N) is 1. The molecule has 0 spiro atoms. The van der Waals surface area contributed by atoms with Gasteiger partial charge >= 0.3 is 0 Å². The van der Waals surface area contributed by atoms with E-state index in [1.54, 1.807) is 25.1 Å². The Bertz CT molecular complexity index is 743. The van der Waals surface area contributed by atoms with Gasteiger partial charge in [-0.15, -0.1) is 0 Å². The third-order valence-corrected chi connectivity index (χ3v) is 6.05. The molecule has 2 aromatic rings. The van der Waals surface area contributed by atoms with E-state index in [0.717, 1.165) is 15.8 Å². The fourth-order valence-corrected chi connectivity index (χ4v) is 4.34. The summed E-state index contributed by atoms with van der Waals surface area (Å²) in [5.41, 5.74) is 6.30. The first kappa shape index (κ1) is 15.1. The number of rotatable bonds is 4. The Labute approximate surface area is 129 Å². The quantitative estimate of drug-likeness (QED) is 0.853. The highest BCUT2D eigenvalue weighted by molar-refractivity contribution is 9.10. The van der Waals surface area contributed by atoms with E-state index >= 15 is 0 Å². The lowest BCUT2D eigenvalue weighted by Crippen LogP contribution is -2.12. The largest absolute Gasteiger partial charge is 0.495 e. The molecule has 0 bridgehead atoms. The Morgan fingerprint density at radius 3 is 2.70 bits per heavy atom. The molecule has 2 rings (SSSR count). The molecule has 9 heteroatoms. The van der Waals surface area contributed by atoms with Crippen LogP contribution in [0.4, 0.5) is 10.8 Å². The molecule has 0 fully saturated rings. The van der Waals surface area contributed by atoms with Gasteiger partial charge in [0.2, 0.25) is 0 Å². The molecular weight excluding hydrogens is 366 g/mol. The third kappa shape index (κ3) is 3.05.